The Hall–Kier alpha value is -6.24. The van der Waals surface area contributed by atoms with Crippen molar-refractivity contribution in [3.63, 3.8) is 0 Å². The van der Waals surface area contributed by atoms with Crippen LogP contribution < -0.4 is 70.8 Å². The molecule has 0 saturated heterocycles. The van der Waals surface area contributed by atoms with Crippen LogP contribution in [-0.4, -0.2) is 144 Å². The zero-order chi connectivity index (χ0) is 59.2. The van der Waals surface area contributed by atoms with Gasteiger partial charge in [-0.3, -0.25) is 47.9 Å². The number of primary amides is 1. The molecule has 0 fully saturated rings. The lowest BCUT2D eigenvalue weighted by atomic mass is 9.97. The number of aliphatic hydroxyl groups excluding tert-OH is 1. The molecule has 0 heterocycles. The highest BCUT2D eigenvalue weighted by Crippen LogP contribution is 2.14. The number of unbranched alkanes of at least 4 members (excludes halogenated alkanes) is 2. The van der Waals surface area contributed by atoms with E-state index < -0.39 is 125 Å². The molecule has 10 amide bonds. The molecule has 1 aromatic rings. The van der Waals surface area contributed by atoms with Crippen LogP contribution in [0.3, 0.4) is 0 Å². The molecule has 0 aliphatic rings. The summed E-state index contributed by atoms with van der Waals surface area (Å²) >= 11 is 0. The van der Waals surface area contributed by atoms with Crippen LogP contribution in [0.2, 0.25) is 0 Å². The maximum Gasteiger partial charge on any atom is 0.243 e. The Morgan fingerprint density at radius 2 is 0.859 bits per heavy atom. The summed E-state index contributed by atoms with van der Waals surface area (Å²) in [4.78, 5) is 137. The largest absolute Gasteiger partial charge is 0.391 e. The minimum absolute atomic E-state index is 0.0568. The Balaban J connectivity index is 3.49. The van der Waals surface area contributed by atoms with E-state index in [1.807, 2.05) is 27.7 Å². The molecule has 18 N–H and O–H groups in total. The van der Waals surface area contributed by atoms with Gasteiger partial charge in [-0.25, -0.2) is 0 Å². The lowest BCUT2D eigenvalue weighted by Gasteiger charge is -2.30. The van der Waals surface area contributed by atoms with Crippen LogP contribution in [0.1, 0.15) is 139 Å². The van der Waals surface area contributed by atoms with Gasteiger partial charge in [0, 0.05) is 12.8 Å². The molecule has 0 saturated carbocycles. The van der Waals surface area contributed by atoms with Gasteiger partial charge >= 0.3 is 0 Å². The summed E-state index contributed by atoms with van der Waals surface area (Å²) in [5, 5.41) is 34.1. The summed E-state index contributed by atoms with van der Waals surface area (Å²) in [6.45, 7) is 17.4. The first-order valence-electron chi connectivity index (χ1n) is 27.6. The van der Waals surface area contributed by atoms with Gasteiger partial charge in [0.25, 0.3) is 0 Å². The zero-order valence-electron chi connectivity index (χ0n) is 47.7. The lowest BCUT2D eigenvalue weighted by Crippen LogP contribution is -2.62. The van der Waals surface area contributed by atoms with Gasteiger partial charge < -0.3 is 75.9 Å². The van der Waals surface area contributed by atoms with E-state index in [2.05, 4.69) is 47.9 Å². The highest BCUT2D eigenvalue weighted by molar-refractivity contribution is 5.98. The van der Waals surface area contributed by atoms with Gasteiger partial charge in [0.2, 0.25) is 59.1 Å². The first-order chi connectivity index (χ1) is 36.7. The van der Waals surface area contributed by atoms with E-state index in [-0.39, 0.29) is 82.3 Å². The van der Waals surface area contributed by atoms with Crippen LogP contribution in [0.5, 0.6) is 0 Å². The van der Waals surface area contributed by atoms with Crippen LogP contribution in [-0.2, 0) is 54.4 Å². The summed E-state index contributed by atoms with van der Waals surface area (Å²) in [5.74, 6) is -8.56. The molecule has 24 nitrogen and oxygen atoms in total. The summed E-state index contributed by atoms with van der Waals surface area (Å²) in [5.41, 5.74) is 23.7. The molecule has 78 heavy (non-hydrogen) atoms. The van der Waals surface area contributed by atoms with Crippen molar-refractivity contribution in [1.82, 2.24) is 47.9 Å². The average molecular weight is 1100 g/mol. The maximum absolute atomic E-state index is 14.5. The Kier molecular flexibility index (Phi) is 32.9. The first-order valence-corrected chi connectivity index (χ1v) is 27.6. The number of hydrogen-bond acceptors (Lipinski definition) is 14. The summed E-state index contributed by atoms with van der Waals surface area (Å²) < 4.78 is 0. The number of amides is 10. The standard InChI is InChI=1S/C54H95N13O11/c1-11-13-15-20-42(69)59-36(21-24-55)48(72)66-44(33(9)12-2)54(78)61-37(22-25-56)47(71)63-41(29-35-18-16-14-17-19-35)51(75)62-39(27-30(3)4)50(74)60-38(23-26-57)49(73)65-43(32(7)8)53(77)64-40(28-31(5)6)52(76)67-45(34(10)68)46(58)70/h14,16-19,30-34,36-41,43-45,68H,11-13,15,20-29,55-57H2,1-10H3,(H2,58,70)(H,59,69)(H,60,74)(H,61,78)(H,62,75)(H,63,71)(H,64,77)(H,65,73)(H,66,72)(H,67,76)/t33-,34+,36-,37-,38-,39-,40-,41+,43+,44-,45-/m0/s1. The Bertz CT molecular complexity index is 2080. The molecule has 1 rings (SSSR count). The average Bonchev–Trinajstić information content (AvgIpc) is 3.36. The number of carbonyl (C=O) groups excluding carboxylic acids is 10. The van der Waals surface area contributed by atoms with Crippen LogP contribution in [0.25, 0.3) is 0 Å². The van der Waals surface area contributed by atoms with E-state index in [4.69, 9.17) is 22.9 Å². The van der Waals surface area contributed by atoms with Crippen molar-refractivity contribution >= 4 is 59.1 Å². The number of nitrogens with two attached hydrogens (primary N) is 4. The Morgan fingerprint density at radius 1 is 0.474 bits per heavy atom. The van der Waals surface area contributed by atoms with E-state index >= 15 is 0 Å². The number of carbonyl (C=O) groups is 10. The molecule has 0 aliphatic carbocycles. The van der Waals surface area contributed by atoms with E-state index in [0.29, 0.717) is 18.4 Å². The third-order valence-corrected chi connectivity index (χ3v) is 13.0. The van der Waals surface area contributed by atoms with E-state index in [1.165, 1.54) is 6.92 Å². The monoisotopic (exact) mass is 1100 g/mol. The first kappa shape index (κ1) is 69.8. The van der Waals surface area contributed by atoms with Crippen molar-refractivity contribution in [2.45, 2.75) is 200 Å². The van der Waals surface area contributed by atoms with Gasteiger partial charge in [0.1, 0.15) is 54.4 Å². The second kappa shape index (κ2) is 36.8. The molecule has 0 aliphatic heterocycles. The SMILES string of the molecule is CCCCCC(=O)N[C@@H](CCN)C(=O)N[C@H](C(=O)N[C@@H](CCN)C(=O)N[C@H](Cc1ccccc1)C(=O)N[C@@H](CC(C)C)C(=O)N[C@@H](CCN)C(=O)N[C@@H](C(=O)N[C@@H](CC(C)C)C(=O)N[C@H](C(N)=O)[C@@H](C)O)C(C)C)[C@@H](C)CC. The molecule has 11 atom stereocenters. The number of benzene rings is 1. The summed E-state index contributed by atoms with van der Waals surface area (Å²) in [6, 6.07) is -2.48. The van der Waals surface area contributed by atoms with Crippen LogP contribution in [0, 0.1) is 23.7 Å². The Morgan fingerprint density at radius 3 is 1.31 bits per heavy atom. The number of hydrogen-bond donors (Lipinski definition) is 14. The second-order valence-corrected chi connectivity index (χ2v) is 21.3. The summed E-state index contributed by atoms with van der Waals surface area (Å²) in [6.07, 6.45) is 1.83. The van der Waals surface area contributed by atoms with Gasteiger partial charge in [-0.1, -0.05) is 112 Å². The minimum atomic E-state index is -1.43. The van der Waals surface area contributed by atoms with Gasteiger partial charge in [0.05, 0.1) is 6.10 Å². The quantitative estimate of drug-likeness (QED) is 0.0349. The molecular weight excluding hydrogens is 1010 g/mol. The van der Waals surface area contributed by atoms with E-state index in [0.717, 1.165) is 12.8 Å². The van der Waals surface area contributed by atoms with Crippen molar-refractivity contribution in [3.05, 3.63) is 35.9 Å². The Labute approximate surface area is 461 Å². The molecule has 0 radical (unpaired) electrons. The molecule has 0 aromatic heterocycles. The molecule has 0 spiro atoms. The van der Waals surface area contributed by atoms with Crippen LogP contribution in [0.4, 0.5) is 0 Å². The molecule has 24 heteroatoms. The van der Waals surface area contributed by atoms with Crippen molar-refractivity contribution in [2.75, 3.05) is 19.6 Å². The molecular formula is C54H95N13O11. The fourth-order valence-electron chi connectivity index (χ4n) is 8.34. The number of rotatable bonds is 38. The maximum atomic E-state index is 14.5. The number of nitrogens with one attached hydrogen (secondary N) is 9. The van der Waals surface area contributed by atoms with Crippen molar-refractivity contribution in [3.8, 4) is 0 Å². The third-order valence-electron chi connectivity index (χ3n) is 13.0. The topological polar surface area (TPSA) is 403 Å². The molecule has 0 bridgehead atoms. The minimum Gasteiger partial charge on any atom is -0.391 e. The van der Waals surface area contributed by atoms with Gasteiger partial charge in [0.15, 0.2) is 0 Å². The lowest BCUT2D eigenvalue weighted by molar-refractivity contribution is -0.137. The predicted octanol–water partition coefficient (Wildman–Crippen LogP) is -1.12. The smallest absolute Gasteiger partial charge is 0.243 e. The van der Waals surface area contributed by atoms with Gasteiger partial charge in [-0.05, 0) is 94.3 Å². The zero-order valence-corrected chi connectivity index (χ0v) is 47.7. The highest BCUT2D eigenvalue weighted by Gasteiger charge is 2.37. The molecule has 1 aromatic carbocycles. The fraction of sp³-hybridized carbons (Fsp3) is 0.704. The van der Waals surface area contributed by atoms with Crippen molar-refractivity contribution in [2.24, 2.45) is 46.6 Å². The highest BCUT2D eigenvalue weighted by atomic mass is 16.3. The van der Waals surface area contributed by atoms with Crippen molar-refractivity contribution in [1.29, 1.82) is 0 Å². The predicted molar refractivity (Wildman–Crippen MR) is 297 cm³/mol. The molecule has 442 valence electrons. The van der Waals surface area contributed by atoms with Crippen LogP contribution in [0.15, 0.2) is 30.3 Å². The summed E-state index contributed by atoms with van der Waals surface area (Å²) in [7, 11) is 0. The van der Waals surface area contributed by atoms with E-state index in [9.17, 15) is 53.1 Å². The van der Waals surface area contributed by atoms with Gasteiger partial charge in [-0.2, -0.15) is 0 Å². The third kappa shape index (κ3) is 25.5. The van der Waals surface area contributed by atoms with E-state index in [1.54, 1.807) is 65.0 Å². The fourth-order valence-corrected chi connectivity index (χ4v) is 8.34. The molecule has 0 unspecified atom stereocenters. The van der Waals surface area contributed by atoms with Crippen LogP contribution >= 0.6 is 0 Å². The second-order valence-electron chi connectivity index (χ2n) is 21.3. The van der Waals surface area contributed by atoms with Crippen molar-refractivity contribution < 1.29 is 53.1 Å². The number of aliphatic hydroxyl groups is 1. The van der Waals surface area contributed by atoms with Gasteiger partial charge in [-0.15, -0.1) is 0 Å². The normalized spacial score (nSPS) is 15.6.